The molecule has 0 aromatic carbocycles. The third-order valence-corrected chi connectivity index (χ3v) is 2.16. The van der Waals surface area contributed by atoms with Crippen LogP contribution < -0.4 is 10.5 Å². The lowest BCUT2D eigenvalue weighted by Crippen LogP contribution is -2.21. The molecular weight excluding hydrogens is 299 g/mol. The number of ether oxygens (including phenoxy) is 1. The summed E-state index contributed by atoms with van der Waals surface area (Å²) in [7, 11) is 0. The Morgan fingerprint density at radius 1 is 1.47 bits per heavy atom. The molecule has 19 heavy (non-hydrogen) atoms. The third-order valence-electron chi connectivity index (χ3n) is 1.90. The lowest BCUT2D eigenvalue weighted by atomic mass is 10.1. The molecule has 0 saturated heterocycles. The molecule has 2 N–H and O–H groups in total. The first kappa shape index (κ1) is 15.4. The molecule has 0 saturated carbocycles. The van der Waals surface area contributed by atoms with Crippen LogP contribution in [0.4, 0.5) is 22.0 Å². The van der Waals surface area contributed by atoms with Gasteiger partial charge in [0.2, 0.25) is 0 Å². The average Bonchev–Trinajstić information content (AvgIpc) is 2.26. The molecule has 1 aromatic heterocycles. The van der Waals surface area contributed by atoms with Gasteiger partial charge in [0.1, 0.15) is 5.69 Å². The Morgan fingerprint density at radius 2 is 2.05 bits per heavy atom. The van der Waals surface area contributed by atoms with Gasteiger partial charge < -0.3 is 10.5 Å². The summed E-state index contributed by atoms with van der Waals surface area (Å²) in [6.45, 7) is 0. The van der Waals surface area contributed by atoms with Crippen LogP contribution >= 0.6 is 11.6 Å². The van der Waals surface area contributed by atoms with Crippen LogP contribution in [-0.2, 0) is 5.88 Å². The maximum Gasteiger partial charge on any atom is 0.573 e. The Hall–Kier alpha value is -1.64. The van der Waals surface area contributed by atoms with E-state index in [9.17, 15) is 26.7 Å². The fourth-order valence-electron chi connectivity index (χ4n) is 1.22. The molecule has 1 heterocycles. The largest absolute Gasteiger partial charge is 0.573 e. The number of nitrogens with two attached hydrogens (primary N) is 1. The summed E-state index contributed by atoms with van der Waals surface area (Å²) in [4.78, 5) is 14.2. The monoisotopic (exact) mass is 304 g/mol. The molecule has 0 aliphatic heterocycles. The van der Waals surface area contributed by atoms with E-state index in [-0.39, 0.29) is 0 Å². The molecule has 106 valence electrons. The number of alkyl halides is 6. The standard InChI is InChI=1S/C9H6ClF5N2O2/c10-2-5-6(19-9(13,14)15)3(7(11)12)1-4(17-5)8(16)18/h1,7H,2H2,(H2,16,18). The van der Waals surface area contributed by atoms with Crippen molar-refractivity contribution in [2.75, 3.05) is 0 Å². The predicted molar refractivity (Wildman–Crippen MR) is 54.0 cm³/mol. The van der Waals surface area contributed by atoms with Gasteiger partial charge in [0.05, 0.1) is 17.1 Å². The molecule has 0 radical (unpaired) electrons. The van der Waals surface area contributed by atoms with E-state index < -0.39 is 47.3 Å². The predicted octanol–water partition coefficient (Wildman–Crippen LogP) is 2.76. The molecule has 1 rings (SSSR count). The van der Waals surface area contributed by atoms with Crippen LogP contribution in [0.3, 0.4) is 0 Å². The van der Waals surface area contributed by atoms with Crippen molar-refractivity contribution in [3.05, 3.63) is 23.0 Å². The number of hydrogen-bond donors (Lipinski definition) is 1. The number of nitrogens with zero attached hydrogens (tertiary/aromatic N) is 1. The quantitative estimate of drug-likeness (QED) is 0.687. The number of aromatic nitrogens is 1. The smallest absolute Gasteiger partial charge is 0.403 e. The second-order valence-electron chi connectivity index (χ2n) is 3.22. The molecule has 4 nitrogen and oxygen atoms in total. The number of primary amides is 1. The number of halogens is 6. The Kier molecular flexibility index (Phi) is 4.51. The zero-order valence-corrected chi connectivity index (χ0v) is 9.73. The van der Waals surface area contributed by atoms with Gasteiger partial charge in [-0.15, -0.1) is 24.8 Å². The van der Waals surface area contributed by atoms with Gasteiger partial charge in [-0.1, -0.05) is 0 Å². The number of amides is 1. The molecule has 0 aliphatic carbocycles. The number of carbonyl (C=O) groups excluding carboxylic acids is 1. The van der Waals surface area contributed by atoms with Crippen LogP contribution in [0.5, 0.6) is 5.75 Å². The molecule has 0 bridgehead atoms. The van der Waals surface area contributed by atoms with E-state index in [2.05, 4.69) is 9.72 Å². The van der Waals surface area contributed by atoms with Crippen LogP contribution in [0.2, 0.25) is 0 Å². The Labute approximate surface area is 108 Å². The molecule has 0 aliphatic rings. The van der Waals surface area contributed by atoms with Gasteiger partial charge in [-0.05, 0) is 6.07 Å². The molecule has 0 unspecified atom stereocenters. The third kappa shape index (κ3) is 3.91. The molecule has 1 aromatic rings. The molecule has 1 amide bonds. The van der Waals surface area contributed by atoms with E-state index >= 15 is 0 Å². The summed E-state index contributed by atoms with van der Waals surface area (Å²) >= 11 is 5.31. The Bertz CT molecular complexity index is 492. The number of hydrogen-bond acceptors (Lipinski definition) is 3. The first-order valence-electron chi connectivity index (χ1n) is 4.59. The van der Waals surface area contributed by atoms with E-state index in [1.54, 1.807) is 0 Å². The van der Waals surface area contributed by atoms with Crippen LogP contribution in [0.15, 0.2) is 6.07 Å². The van der Waals surface area contributed by atoms with Gasteiger partial charge in [-0.3, -0.25) is 4.79 Å². The summed E-state index contributed by atoms with van der Waals surface area (Å²) in [6, 6.07) is 0.435. The molecule has 0 fully saturated rings. The van der Waals surface area contributed by atoms with E-state index in [4.69, 9.17) is 17.3 Å². The first-order valence-corrected chi connectivity index (χ1v) is 5.12. The highest BCUT2D eigenvalue weighted by Gasteiger charge is 2.35. The Balaban J connectivity index is 3.45. The van der Waals surface area contributed by atoms with Gasteiger partial charge in [-0.2, -0.15) is 0 Å². The Morgan fingerprint density at radius 3 is 2.42 bits per heavy atom. The summed E-state index contributed by atoms with van der Waals surface area (Å²) in [5, 5.41) is 0. The van der Waals surface area contributed by atoms with Gasteiger partial charge >= 0.3 is 6.36 Å². The second kappa shape index (κ2) is 5.55. The minimum atomic E-state index is -5.19. The highest BCUT2D eigenvalue weighted by atomic mass is 35.5. The fraction of sp³-hybridized carbons (Fsp3) is 0.333. The minimum Gasteiger partial charge on any atom is -0.403 e. The van der Waals surface area contributed by atoms with Crippen molar-refractivity contribution >= 4 is 17.5 Å². The SMILES string of the molecule is NC(=O)c1cc(C(F)F)c(OC(F)(F)F)c(CCl)n1. The molecule has 0 atom stereocenters. The molecular formula is C9H6ClF5N2O2. The minimum absolute atomic E-state index is 0.435. The van der Waals surface area contributed by atoms with E-state index in [1.807, 2.05) is 0 Å². The summed E-state index contributed by atoms with van der Waals surface area (Å²) in [5.74, 6) is -3.05. The zero-order valence-electron chi connectivity index (χ0n) is 8.97. The highest BCUT2D eigenvalue weighted by Crippen LogP contribution is 2.36. The number of rotatable bonds is 4. The second-order valence-corrected chi connectivity index (χ2v) is 3.49. The van der Waals surface area contributed by atoms with Crippen LogP contribution in [-0.4, -0.2) is 17.3 Å². The van der Waals surface area contributed by atoms with Crippen LogP contribution in [0, 0.1) is 0 Å². The normalized spacial score (nSPS) is 11.7. The fourth-order valence-corrected chi connectivity index (χ4v) is 1.40. The van der Waals surface area contributed by atoms with Crippen molar-refractivity contribution in [1.29, 1.82) is 0 Å². The van der Waals surface area contributed by atoms with Crippen LogP contribution in [0.1, 0.15) is 28.2 Å². The maximum atomic E-state index is 12.7. The van der Waals surface area contributed by atoms with Gasteiger partial charge in [0.25, 0.3) is 12.3 Å². The maximum absolute atomic E-state index is 12.7. The highest BCUT2D eigenvalue weighted by molar-refractivity contribution is 6.17. The van der Waals surface area contributed by atoms with Gasteiger partial charge in [-0.25, -0.2) is 13.8 Å². The number of carbonyl (C=O) groups is 1. The van der Waals surface area contributed by atoms with E-state index in [0.717, 1.165) is 0 Å². The molecule has 0 spiro atoms. The zero-order chi connectivity index (χ0) is 14.8. The van der Waals surface area contributed by atoms with Crippen molar-refractivity contribution in [3.63, 3.8) is 0 Å². The number of pyridine rings is 1. The summed E-state index contributed by atoms with van der Waals surface area (Å²) in [6.07, 6.45) is -8.51. The summed E-state index contributed by atoms with van der Waals surface area (Å²) in [5.41, 5.74) is 2.40. The van der Waals surface area contributed by atoms with Crippen molar-refractivity contribution < 1.29 is 31.5 Å². The summed E-state index contributed by atoms with van der Waals surface area (Å²) < 4.78 is 65.2. The van der Waals surface area contributed by atoms with Crippen molar-refractivity contribution in [2.45, 2.75) is 18.7 Å². The van der Waals surface area contributed by atoms with Gasteiger partial charge in [0, 0.05) is 0 Å². The lowest BCUT2D eigenvalue weighted by molar-refractivity contribution is -0.275. The van der Waals surface area contributed by atoms with Crippen LogP contribution in [0.25, 0.3) is 0 Å². The topological polar surface area (TPSA) is 65.2 Å². The first-order chi connectivity index (χ1) is 8.65. The average molecular weight is 305 g/mol. The van der Waals surface area contributed by atoms with Crippen molar-refractivity contribution in [1.82, 2.24) is 4.98 Å². The van der Waals surface area contributed by atoms with Crippen molar-refractivity contribution in [3.8, 4) is 5.75 Å². The lowest BCUT2D eigenvalue weighted by Gasteiger charge is -2.16. The van der Waals surface area contributed by atoms with E-state index in [0.29, 0.717) is 6.07 Å². The van der Waals surface area contributed by atoms with E-state index in [1.165, 1.54) is 0 Å². The van der Waals surface area contributed by atoms with Gasteiger partial charge in [0.15, 0.2) is 5.75 Å². The molecule has 10 heteroatoms. The van der Waals surface area contributed by atoms with Crippen molar-refractivity contribution in [2.24, 2.45) is 5.73 Å².